The van der Waals surface area contributed by atoms with Crippen LogP contribution in [0.2, 0.25) is 0 Å². The van der Waals surface area contributed by atoms with Crippen LogP contribution in [0.3, 0.4) is 0 Å². The summed E-state index contributed by atoms with van der Waals surface area (Å²) in [6.45, 7) is 17.9. The molecule has 1 aromatic carbocycles. The van der Waals surface area contributed by atoms with Gasteiger partial charge in [0.25, 0.3) is 0 Å². The van der Waals surface area contributed by atoms with Crippen molar-refractivity contribution in [3.8, 4) is 5.75 Å². The van der Waals surface area contributed by atoms with Gasteiger partial charge in [-0.2, -0.15) is 0 Å². The quantitative estimate of drug-likeness (QED) is 0.439. The van der Waals surface area contributed by atoms with Crippen molar-refractivity contribution in [1.82, 2.24) is 0 Å². The molecule has 0 spiro atoms. The Kier molecular flexibility index (Phi) is 13.9. The maximum atomic E-state index is 5.58. The average Bonchev–Trinajstić information content (AvgIpc) is 2.54. The summed E-state index contributed by atoms with van der Waals surface area (Å²) >= 11 is 0. The minimum absolute atomic E-state index is 0.580. The molecule has 0 saturated carbocycles. The monoisotopic (exact) mass is 318 g/mol. The van der Waals surface area contributed by atoms with Crippen LogP contribution >= 0.6 is 0 Å². The molecule has 0 bridgehead atoms. The third kappa shape index (κ3) is 12.4. The van der Waals surface area contributed by atoms with Crippen LogP contribution in [-0.2, 0) is 9.47 Å². The number of hydrogen-bond donors (Lipinski definition) is 0. The zero-order valence-electron chi connectivity index (χ0n) is 14.6. The summed E-state index contributed by atoms with van der Waals surface area (Å²) in [5.74, 6) is 0.933. The maximum absolute atomic E-state index is 5.58. The topological polar surface area (TPSA) is 27.7 Å². The molecule has 0 unspecified atom stereocenters. The summed E-state index contributed by atoms with van der Waals surface area (Å²) in [4.78, 5) is 0. The fourth-order valence-corrected chi connectivity index (χ4v) is 1.67. The van der Waals surface area contributed by atoms with Crippen molar-refractivity contribution >= 4 is 0 Å². The molecule has 3 nitrogen and oxygen atoms in total. The first-order valence-electron chi connectivity index (χ1n) is 7.84. The molecule has 1 aromatic rings. The van der Waals surface area contributed by atoms with E-state index in [4.69, 9.17) is 14.2 Å². The molecule has 23 heavy (non-hydrogen) atoms. The molecule has 0 radical (unpaired) electrons. The van der Waals surface area contributed by atoms with Gasteiger partial charge in [0.15, 0.2) is 0 Å². The van der Waals surface area contributed by atoms with Crippen LogP contribution in [0.4, 0.5) is 0 Å². The van der Waals surface area contributed by atoms with Crippen LogP contribution in [0.25, 0.3) is 0 Å². The first-order valence-corrected chi connectivity index (χ1v) is 7.84. The number of aryl methyl sites for hydroxylation is 2. The van der Waals surface area contributed by atoms with Gasteiger partial charge in [0.2, 0.25) is 0 Å². The van der Waals surface area contributed by atoms with E-state index >= 15 is 0 Å². The molecular weight excluding hydrogens is 288 g/mol. The Morgan fingerprint density at radius 1 is 0.870 bits per heavy atom. The summed E-state index contributed by atoms with van der Waals surface area (Å²) in [7, 11) is 0. The second kappa shape index (κ2) is 15.1. The molecule has 0 atom stereocenters. The van der Waals surface area contributed by atoms with E-state index in [9.17, 15) is 0 Å². The van der Waals surface area contributed by atoms with E-state index in [0.717, 1.165) is 18.8 Å². The minimum Gasteiger partial charge on any atom is -0.491 e. The van der Waals surface area contributed by atoms with Crippen molar-refractivity contribution < 1.29 is 14.2 Å². The lowest BCUT2D eigenvalue weighted by molar-refractivity contribution is 0.121. The average molecular weight is 318 g/mol. The van der Waals surface area contributed by atoms with Crippen molar-refractivity contribution in [2.75, 3.05) is 33.0 Å². The van der Waals surface area contributed by atoms with Crippen LogP contribution in [-0.4, -0.2) is 33.0 Å². The molecule has 1 rings (SSSR count). The van der Waals surface area contributed by atoms with E-state index in [-0.39, 0.29) is 0 Å². The smallest absolute Gasteiger partial charge is 0.122 e. The highest BCUT2D eigenvalue weighted by molar-refractivity contribution is 5.35. The molecule has 3 heteroatoms. The molecule has 0 aliphatic rings. The van der Waals surface area contributed by atoms with E-state index in [2.05, 4.69) is 32.7 Å². The Labute approximate surface area is 141 Å². The molecule has 0 saturated heterocycles. The summed E-state index contributed by atoms with van der Waals surface area (Å²) in [6.07, 6.45) is 6.23. The zero-order valence-corrected chi connectivity index (χ0v) is 14.6. The Balaban J connectivity index is 0.000000515. The van der Waals surface area contributed by atoms with E-state index in [1.54, 1.807) is 12.2 Å². The van der Waals surface area contributed by atoms with Gasteiger partial charge in [-0.1, -0.05) is 35.9 Å². The first-order chi connectivity index (χ1) is 11.2. The standard InChI is InChI=1S/C13H18O2.C7H12O/c1-4-7-14-8-9-15-13-6-5-11(2)10-12(13)3;1-3-5-7-8-6-4-2/h4-6,10H,1,7-9H2,2-3H3;3-4H,1-2,5-7H2. The summed E-state index contributed by atoms with van der Waals surface area (Å²) in [5, 5.41) is 0. The van der Waals surface area contributed by atoms with Gasteiger partial charge in [0, 0.05) is 0 Å². The van der Waals surface area contributed by atoms with Gasteiger partial charge >= 0.3 is 0 Å². The molecule has 0 aliphatic heterocycles. The lowest BCUT2D eigenvalue weighted by Gasteiger charge is -2.09. The summed E-state index contributed by atoms with van der Waals surface area (Å²) in [5.41, 5.74) is 2.42. The predicted octanol–water partition coefficient (Wildman–Crippen LogP) is 4.65. The first kappa shape index (κ1) is 21.2. The molecule has 0 N–H and O–H groups in total. The van der Waals surface area contributed by atoms with Crippen molar-refractivity contribution in [3.63, 3.8) is 0 Å². The van der Waals surface area contributed by atoms with Crippen LogP contribution in [0, 0.1) is 13.8 Å². The van der Waals surface area contributed by atoms with Crippen LogP contribution in [0.1, 0.15) is 17.5 Å². The van der Waals surface area contributed by atoms with Gasteiger partial charge in [-0.3, -0.25) is 0 Å². The number of hydrogen-bond acceptors (Lipinski definition) is 3. The Hall–Kier alpha value is -1.84. The largest absolute Gasteiger partial charge is 0.491 e. The van der Waals surface area contributed by atoms with Crippen LogP contribution < -0.4 is 4.74 Å². The van der Waals surface area contributed by atoms with Gasteiger partial charge in [0.1, 0.15) is 12.4 Å². The second-order valence-corrected chi connectivity index (χ2v) is 4.92. The van der Waals surface area contributed by atoms with Crippen molar-refractivity contribution in [1.29, 1.82) is 0 Å². The van der Waals surface area contributed by atoms with Crippen molar-refractivity contribution in [2.24, 2.45) is 0 Å². The van der Waals surface area contributed by atoms with E-state index in [1.165, 1.54) is 11.1 Å². The zero-order chi connectivity index (χ0) is 17.3. The lowest BCUT2D eigenvalue weighted by atomic mass is 10.1. The molecule has 0 aromatic heterocycles. The maximum Gasteiger partial charge on any atom is 0.122 e. The fraction of sp³-hybridized carbons (Fsp3) is 0.400. The van der Waals surface area contributed by atoms with E-state index in [1.807, 2.05) is 25.1 Å². The molecule has 0 fully saturated rings. The van der Waals surface area contributed by atoms with Crippen molar-refractivity contribution in [2.45, 2.75) is 20.3 Å². The van der Waals surface area contributed by atoms with E-state index in [0.29, 0.717) is 26.4 Å². The molecule has 128 valence electrons. The second-order valence-electron chi connectivity index (χ2n) is 4.92. The van der Waals surface area contributed by atoms with Gasteiger partial charge in [-0.25, -0.2) is 0 Å². The van der Waals surface area contributed by atoms with Gasteiger partial charge < -0.3 is 14.2 Å². The number of ether oxygens (including phenoxy) is 3. The normalized spacial score (nSPS) is 9.48. The molecular formula is C20H30O3. The minimum atomic E-state index is 0.580. The van der Waals surface area contributed by atoms with Crippen LogP contribution in [0.5, 0.6) is 5.75 Å². The SMILES string of the molecule is C=CCCOCC=C.C=CCOCCOc1ccc(C)cc1C. The highest BCUT2D eigenvalue weighted by Gasteiger charge is 1.98. The highest BCUT2D eigenvalue weighted by atomic mass is 16.5. The predicted molar refractivity (Wildman–Crippen MR) is 98.3 cm³/mol. The van der Waals surface area contributed by atoms with Gasteiger partial charge in [-0.15, -0.1) is 19.7 Å². The molecule has 0 aliphatic carbocycles. The Morgan fingerprint density at radius 3 is 2.09 bits per heavy atom. The third-order valence-electron chi connectivity index (χ3n) is 2.75. The van der Waals surface area contributed by atoms with Gasteiger partial charge in [0.05, 0.1) is 26.4 Å². The Morgan fingerprint density at radius 2 is 1.52 bits per heavy atom. The molecule has 0 heterocycles. The van der Waals surface area contributed by atoms with Crippen molar-refractivity contribution in [3.05, 3.63) is 67.3 Å². The Bertz CT molecular complexity index is 442. The highest BCUT2D eigenvalue weighted by Crippen LogP contribution is 2.18. The third-order valence-corrected chi connectivity index (χ3v) is 2.75. The van der Waals surface area contributed by atoms with Gasteiger partial charge in [-0.05, 0) is 31.9 Å². The lowest BCUT2D eigenvalue weighted by Crippen LogP contribution is -2.07. The molecule has 0 amide bonds. The number of rotatable bonds is 11. The summed E-state index contributed by atoms with van der Waals surface area (Å²) in [6, 6.07) is 6.16. The summed E-state index contributed by atoms with van der Waals surface area (Å²) < 4.78 is 15.8. The number of benzene rings is 1. The fourth-order valence-electron chi connectivity index (χ4n) is 1.67. The van der Waals surface area contributed by atoms with Crippen LogP contribution in [0.15, 0.2) is 56.2 Å². The van der Waals surface area contributed by atoms with E-state index < -0.39 is 0 Å².